The van der Waals surface area contributed by atoms with Crippen molar-refractivity contribution in [1.29, 1.82) is 0 Å². The molecule has 0 amide bonds. The Kier molecular flexibility index (Phi) is 3.20. The molecule has 1 fully saturated rings. The summed E-state index contributed by atoms with van der Waals surface area (Å²) in [6.45, 7) is 1.83. The van der Waals surface area contributed by atoms with Crippen molar-refractivity contribution >= 4 is 35.0 Å². The van der Waals surface area contributed by atoms with Gasteiger partial charge in [0.05, 0.1) is 5.25 Å². The van der Waals surface area contributed by atoms with E-state index in [0.29, 0.717) is 15.6 Å². The van der Waals surface area contributed by atoms with Gasteiger partial charge in [-0.25, -0.2) is 9.97 Å². The molecule has 1 aliphatic rings. The molecule has 1 unspecified atom stereocenters. The summed E-state index contributed by atoms with van der Waals surface area (Å²) < 4.78 is 0. The van der Waals surface area contributed by atoms with Gasteiger partial charge in [0.2, 0.25) is 0 Å². The molecular formula is C9H10Cl2N2S. The van der Waals surface area contributed by atoms with Crippen molar-refractivity contribution in [3.63, 3.8) is 0 Å². The van der Waals surface area contributed by atoms with Crippen LogP contribution in [0.3, 0.4) is 0 Å². The second-order valence-corrected chi connectivity index (χ2v) is 5.32. The van der Waals surface area contributed by atoms with E-state index in [0.717, 1.165) is 17.8 Å². The fraction of sp³-hybridized carbons (Fsp3) is 0.556. The fourth-order valence-electron chi connectivity index (χ4n) is 1.40. The van der Waals surface area contributed by atoms with Gasteiger partial charge >= 0.3 is 0 Å². The minimum absolute atomic E-state index is 0.380. The van der Waals surface area contributed by atoms with E-state index in [-0.39, 0.29) is 0 Å². The van der Waals surface area contributed by atoms with Crippen molar-refractivity contribution in [2.45, 2.75) is 25.0 Å². The molecule has 0 aromatic carbocycles. The van der Waals surface area contributed by atoms with Gasteiger partial charge in [0.25, 0.3) is 0 Å². The van der Waals surface area contributed by atoms with Gasteiger partial charge in [0, 0.05) is 5.56 Å². The molecule has 1 aromatic heterocycles. The summed E-state index contributed by atoms with van der Waals surface area (Å²) in [6, 6.07) is 0. The highest BCUT2D eigenvalue weighted by molar-refractivity contribution is 7.99. The molecule has 0 saturated carbocycles. The van der Waals surface area contributed by atoms with Crippen LogP contribution in [0.25, 0.3) is 0 Å². The van der Waals surface area contributed by atoms with Gasteiger partial charge in [-0.1, -0.05) is 23.2 Å². The summed E-state index contributed by atoms with van der Waals surface area (Å²) in [5.41, 5.74) is 0.764. The number of halogens is 2. The van der Waals surface area contributed by atoms with Crippen molar-refractivity contribution < 1.29 is 0 Å². The van der Waals surface area contributed by atoms with Gasteiger partial charge in [-0.05, 0) is 25.5 Å². The zero-order valence-corrected chi connectivity index (χ0v) is 10.1. The lowest BCUT2D eigenvalue weighted by Gasteiger charge is -2.08. The Morgan fingerprint density at radius 1 is 1.29 bits per heavy atom. The Labute approximate surface area is 97.4 Å². The largest absolute Gasteiger partial charge is 0.220 e. The van der Waals surface area contributed by atoms with Crippen LogP contribution in [0, 0.1) is 6.92 Å². The SMILES string of the molecule is Cc1c(Cl)nc(C2CCCS2)nc1Cl. The highest BCUT2D eigenvalue weighted by atomic mass is 35.5. The maximum Gasteiger partial charge on any atom is 0.144 e. The predicted molar refractivity (Wildman–Crippen MR) is 61.2 cm³/mol. The molecule has 1 atom stereocenters. The van der Waals surface area contributed by atoms with E-state index in [1.165, 1.54) is 12.2 Å². The van der Waals surface area contributed by atoms with Gasteiger partial charge in [0.15, 0.2) is 0 Å². The van der Waals surface area contributed by atoms with E-state index in [9.17, 15) is 0 Å². The Bertz CT molecular complexity index is 328. The third-order valence-electron chi connectivity index (χ3n) is 2.26. The molecule has 1 saturated heterocycles. The Balaban J connectivity index is 2.34. The molecule has 2 rings (SSSR count). The van der Waals surface area contributed by atoms with Crippen LogP contribution >= 0.6 is 35.0 Å². The van der Waals surface area contributed by atoms with E-state index < -0.39 is 0 Å². The monoisotopic (exact) mass is 248 g/mol. The highest BCUT2D eigenvalue weighted by Gasteiger charge is 2.22. The average Bonchev–Trinajstić information content (AvgIpc) is 2.66. The molecule has 1 aliphatic heterocycles. The first-order valence-electron chi connectivity index (χ1n) is 4.49. The summed E-state index contributed by atoms with van der Waals surface area (Å²) in [5, 5.41) is 1.34. The van der Waals surface area contributed by atoms with E-state index >= 15 is 0 Å². The first-order valence-corrected chi connectivity index (χ1v) is 6.30. The van der Waals surface area contributed by atoms with Crippen molar-refractivity contribution in [2.24, 2.45) is 0 Å². The van der Waals surface area contributed by atoms with Crippen molar-refractivity contribution in [1.82, 2.24) is 9.97 Å². The molecular weight excluding hydrogens is 239 g/mol. The summed E-state index contributed by atoms with van der Waals surface area (Å²) in [6.07, 6.45) is 2.35. The number of rotatable bonds is 1. The molecule has 2 nitrogen and oxygen atoms in total. The number of thioether (sulfide) groups is 1. The molecule has 0 N–H and O–H groups in total. The second-order valence-electron chi connectivity index (χ2n) is 3.29. The third kappa shape index (κ3) is 2.00. The Morgan fingerprint density at radius 3 is 2.43 bits per heavy atom. The molecule has 0 radical (unpaired) electrons. The lowest BCUT2D eigenvalue weighted by Crippen LogP contribution is -2.00. The summed E-state index contributed by atoms with van der Waals surface area (Å²) in [5.74, 6) is 1.96. The van der Waals surface area contributed by atoms with Crippen LogP contribution in [-0.4, -0.2) is 15.7 Å². The minimum Gasteiger partial charge on any atom is -0.220 e. The van der Waals surface area contributed by atoms with Crippen molar-refractivity contribution in [2.75, 3.05) is 5.75 Å². The van der Waals surface area contributed by atoms with E-state index in [4.69, 9.17) is 23.2 Å². The van der Waals surface area contributed by atoms with Crippen LogP contribution in [0.1, 0.15) is 29.5 Å². The molecule has 0 bridgehead atoms. The van der Waals surface area contributed by atoms with E-state index in [1.54, 1.807) is 0 Å². The number of hydrogen-bond acceptors (Lipinski definition) is 3. The van der Waals surface area contributed by atoms with Crippen LogP contribution in [0.15, 0.2) is 0 Å². The summed E-state index contributed by atoms with van der Waals surface area (Å²) in [7, 11) is 0. The van der Waals surface area contributed by atoms with Crippen LogP contribution in [-0.2, 0) is 0 Å². The smallest absolute Gasteiger partial charge is 0.144 e. The van der Waals surface area contributed by atoms with Crippen LogP contribution in [0.2, 0.25) is 10.3 Å². The molecule has 5 heteroatoms. The van der Waals surface area contributed by atoms with E-state index in [1.807, 2.05) is 18.7 Å². The minimum atomic E-state index is 0.380. The van der Waals surface area contributed by atoms with Crippen molar-refractivity contribution in [3.8, 4) is 0 Å². The standard InChI is InChI=1S/C9H10Cl2N2S/c1-5-7(10)12-9(13-8(5)11)6-3-2-4-14-6/h6H,2-4H2,1H3. The van der Waals surface area contributed by atoms with Gasteiger partial charge in [-0.3, -0.25) is 0 Å². The average molecular weight is 249 g/mol. The van der Waals surface area contributed by atoms with Gasteiger partial charge < -0.3 is 0 Å². The zero-order valence-electron chi connectivity index (χ0n) is 7.76. The quantitative estimate of drug-likeness (QED) is 0.710. The number of aromatic nitrogens is 2. The summed E-state index contributed by atoms with van der Waals surface area (Å²) >= 11 is 13.8. The zero-order chi connectivity index (χ0) is 10.1. The topological polar surface area (TPSA) is 25.8 Å². The summed E-state index contributed by atoms with van der Waals surface area (Å²) in [4.78, 5) is 8.53. The first kappa shape index (κ1) is 10.5. The fourth-order valence-corrected chi connectivity index (χ4v) is 3.01. The van der Waals surface area contributed by atoms with Gasteiger partial charge in [-0.15, -0.1) is 0 Å². The van der Waals surface area contributed by atoms with Crippen LogP contribution < -0.4 is 0 Å². The Morgan fingerprint density at radius 2 is 1.93 bits per heavy atom. The third-order valence-corrected chi connectivity index (χ3v) is 4.37. The molecule has 2 heterocycles. The van der Waals surface area contributed by atoms with Gasteiger partial charge in [-0.2, -0.15) is 11.8 Å². The predicted octanol–water partition coefficient (Wildman–Crippen LogP) is 3.66. The maximum absolute atomic E-state index is 5.95. The van der Waals surface area contributed by atoms with Crippen molar-refractivity contribution in [3.05, 3.63) is 21.7 Å². The molecule has 0 aliphatic carbocycles. The maximum atomic E-state index is 5.95. The number of hydrogen-bond donors (Lipinski definition) is 0. The van der Waals surface area contributed by atoms with Crippen LogP contribution in [0.5, 0.6) is 0 Å². The molecule has 76 valence electrons. The molecule has 0 spiro atoms. The normalized spacial score (nSPS) is 21.5. The molecule has 1 aromatic rings. The van der Waals surface area contributed by atoms with E-state index in [2.05, 4.69) is 9.97 Å². The Hall–Kier alpha value is 0.01000. The molecule has 14 heavy (non-hydrogen) atoms. The van der Waals surface area contributed by atoms with Crippen LogP contribution in [0.4, 0.5) is 0 Å². The first-order chi connectivity index (χ1) is 6.68. The number of nitrogens with zero attached hydrogens (tertiary/aromatic N) is 2. The lowest BCUT2D eigenvalue weighted by molar-refractivity contribution is 0.775. The second kappa shape index (κ2) is 4.25. The highest BCUT2D eigenvalue weighted by Crippen LogP contribution is 2.39. The van der Waals surface area contributed by atoms with Gasteiger partial charge in [0.1, 0.15) is 16.1 Å². The lowest BCUT2D eigenvalue weighted by atomic mass is 10.2.